The number of anilines is 1. The highest BCUT2D eigenvalue weighted by atomic mass is 79.9. The van der Waals surface area contributed by atoms with Gasteiger partial charge in [-0.3, -0.25) is 4.79 Å². The largest absolute Gasteiger partial charge is 0.493 e. The molecule has 0 radical (unpaired) electrons. The molecule has 3 rings (SSSR count). The highest BCUT2D eigenvalue weighted by Crippen LogP contribution is 2.43. The minimum Gasteiger partial charge on any atom is -0.493 e. The van der Waals surface area contributed by atoms with Crippen LogP contribution in [0.15, 0.2) is 57.2 Å². The summed E-state index contributed by atoms with van der Waals surface area (Å²) in [5, 5.41) is 21.0. The number of carbonyl (C=O) groups excluding carboxylic acids is 2. The molecule has 26 heavy (non-hydrogen) atoms. The maximum atomic E-state index is 12.0. The Morgan fingerprint density at radius 2 is 1.85 bits per heavy atom. The van der Waals surface area contributed by atoms with E-state index in [2.05, 4.69) is 31.5 Å². The lowest BCUT2D eigenvalue weighted by atomic mass is 10.1. The van der Waals surface area contributed by atoms with Gasteiger partial charge in [-0.25, -0.2) is 9.36 Å². The van der Waals surface area contributed by atoms with E-state index in [9.17, 15) is 14.7 Å². The number of benzene rings is 2. The van der Waals surface area contributed by atoms with Crippen molar-refractivity contribution in [2.75, 3.05) is 5.32 Å². The quantitative estimate of drug-likeness (QED) is 0.549. The van der Waals surface area contributed by atoms with Crippen LogP contribution in [-0.2, 0) is 0 Å². The van der Waals surface area contributed by atoms with Crippen molar-refractivity contribution in [3.8, 4) is 5.88 Å². The Morgan fingerprint density at radius 3 is 2.50 bits per heavy atom. The Labute approximate surface area is 157 Å². The standard InChI is InChI=1S/C18H15BrN4O3/c1-10-8-9-13-14(15(10)19)16(17(25)23(13)11(2)24)21-22-18(26)20-12-6-4-3-5-7-12/h3-9,25H,1-2H3,(H,20,26). The van der Waals surface area contributed by atoms with Crippen LogP contribution in [0.3, 0.4) is 0 Å². The number of amides is 2. The Bertz CT molecular complexity index is 1040. The van der Waals surface area contributed by atoms with Gasteiger partial charge in [0.15, 0.2) is 5.69 Å². The summed E-state index contributed by atoms with van der Waals surface area (Å²) in [5.74, 6) is -0.742. The number of nitrogens with one attached hydrogen (secondary N) is 1. The number of fused-ring (bicyclic) bond motifs is 1. The summed E-state index contributed by atoms with van der Waals surface area (Å²) in [6.07, 6.45) is 0. The molecule has 132 valence electrons. The number of aromatic nitrogens is 1. The first-order chi connectivity index (χ1) is 12.4. The molecule has 7 nitrogen and oxygen atoms in total. The zero-order valence-electron chi connectivity index (χ0n) is 14.0. The summed E-state index contributed by atoms with van der Waals surface area (Å²) in [6.45, 7) is 3.20. The number of urea groups is 1. The molecule has 3 aromatic rings. The monoisotopic (exact) mass is 414 g/mol. The number of hydrogen-bond donors (Lipinski definition) is 2. The maximum Gasteiger partial charge on any atom is 0.364 e. The van der Waals surface area contributed by atoms with Crippen molar-refractivity contribution in [2.45, 2.75) is 13.8 Å². The van der Waals surface area contributed by atoms with Crippen LogP contribution in [0, 0.1) is 6.92 Å². The van der Waals surface area contributed by atoms with E-state index < -0.39 is 6.03 Å². The summed E-state index contributed by atoms with van der Waals surface area (Å²) < 4.78 is 1.80. The lowest BCUT2D eigenvalue weighted by Gasteiger charge is -2.02. The summed E-state index contributed by atoms with van der Waals surface area (Å²) in [7, 11) is 0. The number of aryl methyl sites for hydroxylation is 1. The number of carbonyl (C=O) groups is 2. The van der Waals surface area contributed by atoms with Crippen LogP contribution >= 0.6 is 15.9 Å². The molecule has 0 aliphatic heterocycles. The molecule has 2 amide bonds. The number of nitrogens with zero attached hydrogens (tertiary/aromatic N) is 3. The predicted octanol–water partition coefficient (Wildman–Crippen LogP) is 5.39. The zero-order chi connectivity index (χ0) is 18.8. The van der Waals surface area contributed by atoms with Crippen LogP contribution in [0.2, 0.25) is 0 Å². The number of rotatable bonds is 2. The Balaban J connectivity index is 2.04. The van der Waals surface area contributed by atoms with E-state index in [1.807, 2.05) is 19.1 Å². The highest BCUT2D eigenvalue weighted by Gasteiger charge is 2.22. The highest BCUT2D eigenvalue weighted by molar-refractivity contribution is 9.10. The molecule has 0 spiro atoms. The van der Waals surface area contributed by atoms with Crippen LogP contribution in [0.5, 0.6) is 5.88 Å². The third-order valence-corrected chi connectivity index (χ3v) is 4.82. The smallest absolute Gasteiger partial charge is 0.364 e. The van der Waals surface area contributed by atoms with Gasteiger partial charge < -0.3 is 10.4 Å². The van der Waals surface area contributed by atoms with Gasteiger partial charge in [0, 0.05) is 22.5 Å². The number of para-hydroxylation sites is 1. The normalized spacial score (nSPS) is 11.2. The van der Waals surface area contributed by atoms with Crippen LogP contribution in [0.25, 0.3) is 10.9 Å². The van der Waals surface area contributed by atoms with E-state index >= 15 is 0 Å². The van der Waals surface area contributed by atoms with Crippen molar-refractivity contribution in [1.82, 2.24) is 4.57 Å². The van der Waals surface area contributed by atoms with Crippen LogP contribution < -0.4 is 5.32 Å². The van der Waals surface area contributed by atoms with Gasteiger partial charge in [-0.15, -0.1) is 5.11 Å². The van der Waals surface area contributed by atoms with E-state index in [0.29, 0.717) is 21.1 Å². The van der Waals surface area contributed by atoms with Gasteiger partial charge in [0.1, 0.15) is 0 Å². The molecule has 0 bridgehead atoms. The molecule has 1 heterocycles. The SMILES string of the molecule is CC(=O)n1c(O)c(N=NC(=O)Nc2ccccc2)c2c(Br)c(C)ccc21. The lowest BCUT2D eigenvalue weighted by molar-refractivity contribution is 0.0933. The van der Waals surface area contributed by atoms with Crippen LogP contribution in [0.1, 0.15) is 17.3 Å². The third kappa shape index (κ3) is 3.23. The molecular formula is C18H15BrN4O3. The van der Waals surface area contributed by atoms with Gasteiger partial charge in [0.25, 0.3) is 0 Å². The van der Waals surface area contributed by atoms with E-state index in [4.69, 9.17) is 0 Å². The predicted molar refractivity (Wildman–Crippen MR) is 102 cm³/mol. The van der Waals surface area contributed by atoms with Gasteiger partial charge in [0.2, 0.25) is 11.8 Å². The molecule has 0 fully saturated rings. The number of azo groups is 1. The van der Waals surface area contributed by atoms with Crippen molar-refractivity contribution < 1.29 is 14.7 Å². The topological polar surface area (TPSA) is 96.1 Å². The van der Waals surface area contributed by atoms with Gasteiger partial charge in [-0.05, 0) is 46.6 Å². The van der Waals surface area contributed by atoms with Gasteiger partial charge >= 0.3 is 6.03 Å². The molecule has 2 aromatic carbocycles. The molecule has 2 N–H and O–H groups in total. The van der Waals surface area contributed by atoms with E-state index in [1.54, 1.807) is 30.3 Å². The Hall–Kier alpha value is -3.00. The molecule has 0 unspecified atom stereocenters. The second-order valence-electron chi connectivity index (χ2n) is 5.61. The van der Waals surface area contributed by atoms with Crippen molar-refractivity contribution in [3.63, 3.8) is 0 Å². The number of hydrogen-bond acceptors (Lipinski definition) is 4. The second kappa shape index (κ2) is 7.09. The zero-order valence-corrected chi connectivity index (χ0v) is 15.6. The second-order valence-corrected chi connectivity index (χ2v) is 6.41. The summed E-state index contributed by atoms with van der Waals surface area (Å²) >= 11 is 3.45. The molecule has 8 heteroatoms. The molecular weight excluding hydrogens is 400 g/mol. The fraction of sp³-hybridized carbons (Fsp3) is 0.111. The maximum absolute atomic E-state index is 12.0. The minimum atomic E-state index is -0.692. The minimum absolute atomic E-state index is 0.0500. The van der Waals surface area contributed by atoms with E-state index in [0.717, 1.165) is 10.1 Å². The van der Waals surface area contributed by atoms with Gasteiger partial charge in [-0.2, -0.15) is 0 Å². The Kier molecular flexibility index (Phi) is 4.85. The van der Waals surface area contributed by atoms with Gasteiger partial charge in [0.05, 0.1) is 5.52 Å². The number of halogens is 1. The molecule has 0 aliphatic carbocycles. The van der Waals surface area contributed by atoms with Crippen LogP contribution in [0.4, 0.5) is 16.2 Å². The summed E-state index contributed by atoms with van der Waals surface area (Å²) in [5.41, 5.74) is 1.99. The average Bonchev–Trinajstić information content (AvgIpc) is 2.89. The molecule has 0 saturated heterocycles. The van der Waals surface area contributed by atoms with Crippen molar-refractivity contribution in [1.29, 1.82) is 0 Å². The fourth-order valence-corrected chi connectivity index (χ4v) is 3.12. The first kappa shape index (κ1) is 17.8. The third-order valence-electron chi connectivity index (χ3n) is 3.80. The average molecular weight is 415 g/mol. The van der Waals surface area contributed by atoms with Crippen molar-refractivity contribution in [3.05, 3.63) is 52.5 Å². The van der Waals surface area contributed by atoms with E-state index in [1.165, 1.54) is 6.92 Å². The summed E-state index contributed by atoms with van der Waals surface area (Å²) in [4.78, 5) is 23.9. The molecule has 0 aliphatic rings. The molecule has 0 saturated carbocycles. The first-order valence-electron chi connectivity index (χ1n) is 7.71. The Morgan fingerprint density at radius 1 is 1.15 bits per heavy atom. The molecule has 1 aromatic heterocycles. The van der Waals surface area contributed by atoms with Crippen molar-refractivity contribution in [2.24, 2.45) is 10.2 Å². The van der Waals surface area contributed by atoms with E-state index in [-0.39, 0.29) is 17.5 Å². The molecule has 0 atom stereocenters. The number of aromatic hydroxyl groups is 1. The van der Waals surface area contributed by atoms with Gasteiger partial charge in [-0.1, -0.05) is 29.4 Å². The summed E-state index contributed by atoms with van der Waals surface area (Å²) in [6, 6.07) is 11.6. The lowest BCUT2D eigenvalue weighted by Crippen LogP contribution is -2.05. The fourth-order valence-electron chi connectivity index (χ4n) is 2.59. The van der Waals surface area contributed by atoms with Crippen LogP contribution in [-0.4, -0.2) is 21.6 Å². The first-order valence-corrected chi connectivity index (χ1v) is 8.50. The van der Waals surface area contributed by atoms with Crippen molar-refractivity contribution >= 4 is 50.1 Å².